The van der Waals surface area contributed by atoms with Gasteiger partial charge in [-0.1, -0.05) is 46.2 Å². The van der Waals surface area contributed by atoms with E-state index < -0.39 is 94.6 Å². The minimum Gasteiger partial charge on any atom is -0.391 e. The minimum atomic E-state index is -1.57. The first-order valence-electron chi connectivity index (χ1n) is 18.7. The largest absolute Gasteiger partial charge is 0.391 e. The van der Waals surface area contributed by atoms with Gasteiger partial charge in [-0.05, 0) is 55.9 Å². The van der Waals surface area contributed by atoms with Gasteiger partial charge in [0, 0.05) is 30.7 Å². The van der Waals surface area contributed by atoms with E-state index in [0.717, 1.165) is 12.8 Å². The summed E-state index contributed by atoms with van der Waals surface area (Å²) >= 11 is 1.41. The Labute approximate surface area is 330 Å². The maximum absolute atomic E-state index is 13.7. The molecule has 312 valence electrons. The van der Waals surface area contributed by atoms with Gasteiger partial charge in [0.15, 0.2) is 0 Å². The molecule has 1 aromatic carbocycles. The highest BCUT2D eigenvalue weighted by Crippen LogP contribution is 2.15. The van der Waals surface area contributed by atoms with Gasteiger partial charge in [0.1, 0.15) is 36.3 Å². The highest BCUT2D eigenvalue weighted by molar-refractivity contribution is 7.99. The molecule has 0 bridgehead atoms. The number of hydrogen-bond acceptors (Lipinski definition) is 12. The molecular weight excluding hydrogens is 751 g/mol. The van der Waals surface area contributed by atoms with Gasteiger partial charge in [-0.25, -0.2) is 0 Å². The average Bonchev–Trinajstić information content (AvgIpc) is 3.13. The third kappa shape index (κ3) is 15.4. The Bertz CT molecular complexity index is 1540. The summed E-state index contributed by atoms with van der Waals surface area (Å²) in [6.45, 7) is 7.93. The molecule has 2 unspecified atom stereocenters. The van der Waals surface area contributed by atoms with Crippen LogP contribution in [0.1, 0.15) is 72.3 Å². The minimum absolute atomic E-state index is 0.0803. The quantitative estimate of drug-likeness (QED) is 0.0668. The van der Waals surface area contributed by atoms with E-state index in [0.29, 0.717) is 17.7 Å². The number of benzene rings is 1. The van der Waals surface area contributed by atoms with Crippen LogP contribution in [0.15, 0.2) is 24.3 Å². The summed E-state index contributed by atoms with van der Waals surface area (Å²) in [5, 5.41) is 37.1. The lowest BCUT2D eigenvalue weighted by Crippen LogP contribution is -2.63. The summed E-state index contributed by atoms with van der Waals surface area (Å²) in [5.74, 6) is -5.31. The van der Waals surface area contributed by atoms with Crippen molar-refractivity contribution in [2.45, 2.75) is 115 Å². The van der Waals surface area contributed by atoms with Crippen LogP contribution < -0.4 is 43.4 Å². The maximum atomic E-state index is 13.7. The number of thioether (sulfide) groups is 1. The van der Waals surface area contributed by atoms with Crippen molar-refractivity contribution in [3.05, 3.63) is 39.9 Å². The van der Waals surface area contributed by atoms with Gasteiger partial charge in [0.05, 0.1) is 11.0 Å². The molecule has 1 heterocycles. The Morgan fingerprint density at radius 1 is 0.875 bits per heavy atom. The fourth-order valence-corrected chi connectivity index (χ4v) is 6.76. The van der Waals surface area contributed by atoms with E-state index in [1.807, 2.05) is 0 Å². The van der Waals surface area contributed by atoms with Gasteiger partial charge in [-0.3, -0.25) is 43.7 Å². The third-order valence-corrected chi connectivity index (χ3v) is 10.2. The first kappa shape index (κ1) is 47.3. The number of non-ortho nitro benzene ring substituents is 1. The predicted molar refractivity (Wildman–Crippen MR) is 208 cm³/mol. The Morgan fingerprint density at radius 2 is 1.45 bits per heavy atom. The molecule has 0 aromatic heterocycles. The molecule has 0 aliphatic carbocycles. The molecule has 0 saturated carbocycles. The summed E-state index contributed by atoms with van der Waals surface area (Å²) in [4.78, 5) is 103. The molecule has 7 atom stereocenters. The Morgan fingerprint density at radius 3 is 1.96 bits per heavy atom. The van der Waals surface area contributed by atoms with E-state index in [2.05, 4.69) is 31.9 Å². The Balaban J connectivity index is 2.20. The van der Waals surface area contributed by atoms with E-state index >= 15 is 0 Å². The SMILES string of the molecule is CC(C)[C@H](NC(=O)[C@@H](NC(=O)[C@@H](NC(=O)C1CSCCCCCC(=O)NC(CCN)C(=O)N1)[C@@H](C)O)C(C)C)C(=O)N[C@@H](Cc1ccc([N+](=O)[O-])cc1)C(N)=O. The third-order valence-electron chi connectivity index (χ3n) is 9.02. The molecule has 19 nitrogen and oxygen atoms in total. The summed E-state index contributed by atoms with van der Waals surface area (Å²) in [6, 6.07) is -2.03. The number of nitrogens with zero attached hydrogens (tertiary/aromatic N) is 1. The predicted octanol–water partition coefficient (Wildman–Crippen LogP) is -1.12. The van der Waals surface area contributed by atoms with Crippen LogP contribution in [0.4, 0.5) is 5.69 Å². The number of nitro groups is 1. The van der Waals surface area contributed by atoms with Crippen LogP contribution >= 0.6 is 11.8 Å². The van der Waals surface area contributed by atoms with Crippen LogP contribution in [0.5, 0.6) is 0 Å². The Kier molecular flexibility index (Phi) is 19.7. The molecule has 1 aromatic rings. The first-order valence-corrected chi connectivity index (χ1v) is 19.8. The van der Waals surface area contributed by atoms with Gasteiger partial charge < -0.3 is 48.5 Å². The van der Waals surface area contributed by atoms with Crippen LogP contribution in [0.2, 0.25) is 0 Å². The standard InChI is InChI=1S/C36H57N9O10S/c1-19(2)28(34(51)40-25(31(38)48)17-22-10-12-23(13-11-22)45(54)55)42-35(52)29(20(3)4)43-36(53)30(21(5)46)44-33(50)26-18-56-16-8-6-7-9-27(47)39-24(14-15-37)32(49)41-26/h10-13,19-21,24-26,28-30,46H,6-9,14-18,37H2,1-5H3,(H2,38,48)(H,39,47)(H,40,51)(H,41,49)(H,42,52)(H,43,53)(H,44,50)/t21-,24?,25+,26?,28+,29+,30+/m1/s1. The smallest absolute Gasteiger partial charge is 0.269 e. The zero-order chi connectivity index (χ0) is 42.1. The van der Waals surface area contributed by atoms with Gasteiger partial charge in [0.25, 0.3) is 5.69 Å². The lowest BCUT2D eigenvalue weighted by atomic mass is 9.98. The molecule has 2 rings (SSSR count). The van der Waals surface area contributed by atoms with Gasteiger partial charge in [-0.2, -0.15) is 11.8 Å². The van der Waals surface area contributed by atoms with Crippen molar-refractivity contribution >= 4 is 58.8 Å². The van der Waals surface area contributed by atoms with Crippen LogP contribution in [-0.2, 0) is 40.0 Å². The van der Waals surface area contributed by atoms with Crippen LogP contribution in [0, 0.1) is 22.0 Å². The highest BCUT2D eigenvalue weighted by atomic mass is 32.2. The van der Waals surface area contributed by atoms with E-state index in [9.17, 15) is 48.8 Å². The summed E-state index contributed by atoms with van der Waals surface area (Å²) in [7, 11) is 0. The average molecular weight is 808 g/mol. The van der Waals surface area contributed by atoms with Crippen molar-refractivity contribution in [3.8, 4) is 0 Å². The summed E-state index contributed by atoms with van der Waals surface area (Å²) in [5.41, 5.74) is 11.6. The van der Waals surface area contributed by atoms with E-state index in [1.165, 1.54) is 43.0 Å². The second-order valence-electron chi connectivity index (χ2n) is 14.4. The van der Waals surface area contributed by atoms with Crippen molar-refractivity contribution in [1.29, 1.82) is 0 Å². The monoisotopic (exact) mass is 807 g/mol. The zero-order valence-electron chi connectivity index (χ0n) is 32.5. The number of nitrogens with one attached hydrogen (secondary N) is 6. The fourth-order valence-electron chi connectivity index (χ4n) is 5.71. The molecule has 0 spiro atoms. The van der Waals surface area contributed by atoms with Crippen molar-refractivity contribution < 1.29 is 43.6 Å². The second kappa shape index (κ2) is 23.3. The number of nitrogens with two attached hydrogens (primary N) is 2. The molecule has 11 N–H and O–H groups in total. The number of carbonyl (C=O) groups excluding carboxylic acids is 7. The summed E-state index contributed by atoms with van der Waals surface area (Å²) < 4.78 is 0. The number of amides is 7. The first-order chi connectivity index (χ1) is 26.4. The number of aliphatic hydroxyl groups is 1. The Hall–Kier alpha value is -4.82. The molecule has 1 saturated heterocycles. The summed E-state index contributed by atoms with van der Waals surface area (Å²) in [6.07, 6.45) is 1.03. The second-order valence-corrected chi connectivity index (χ2v) is 15.6. The fraction of sp³-hybridized carbons (Fsp3) is 0.639. The van der Waals surface area contributed by atoms with Crippen LogP contribution in [0.3, 0.4) is 0 Å². The van der Waals surface area contributed by atoms with Crippen LogP contribution in [0.25, 0.3) is 0 Å². The molecule has 0 radical (unpaired) electrons. The topological polar surface area (TPSA) is 307 Å². The molecule has 1 aliphatic heterocycles. The lowest BCUT2D eigenvalue weighted by Gasteiger charge is -2.30. The van der Waals surface area contributed by atoms with Crippen molar-refractivity contribution in [3.63, 3.8) is 0 Å². The number of hydrogen-bond donors (Lipinski definition) is 9. The van der Waals surface area contributed by atoms with E-state index in [-0.39, 0.29) is 43.2 Å². The van der Waals surface area contributed by atoms with Gasteiger partial charge >= 0.3 is 0 Å². The maximum Gasteiger partial charge on any atom is 0.269 e. The molecule has 56 heavy (non-hydrogen) atoms. The number of primary amides is 1. The highest BCUT2D eigenvalue weighted by Gasteiger charge is 2.36. The number of nitro benzene ring substituents is 1. The van der Waals surface area contributed by atoms with Crippen LogP contribution in [-0.4, -0.2) is 112 Å². The molecule has 7 amide bonds. The molecule has 1 fully saturated rings. The van der Waals surface area contributed by atoms with Gasteiger partial charge in [0.2, 0.25) is 41.4 Å². The zero-order valence-corrected chi connectivity index (χ0v) is 33.3. The molecule has 20 heteroatoms. The van der Waals surface area contributed by atoms with E-state index in [4.69, 9.17) is 11.5 Å². The lowest BCUT2D eigenvalue weighted by molar-refractivity contribution is -0.384. The van der Waals surface area contributed by atoms with Gasteiger partial charge in [-0.15, -0.1) is 0 Å². The van der Waals surface area contributed by atoms with Crippen molar-refractivity contribution in [1.82, 2.24) is 31.9 Å². The van der Waals surface area contributed by atoms with E-state index in [1.54, 1.807) is 27.7 Å². The molecule has 1 aliphatic rings. The number of rotatable bonds is 17. The van der Waals surface area contributed by atoms with Crippen molar-refractivity contribution in [2.75, 3.05) is 18.1 Å². The number of carbonyl (C=O) groups is 7. The van der Waals surface area contributed by atoms with Crippen molar-refractivity contribution in [2.24, 2.45) is 23.3 Å². The number of aliphatic hydroxyl groups excluding tert-OH is 1. The molecular formula is C36H57N9O10S. The normalized spacial score (nSPS) is 19.6.